The van der Waals surface area contributed by atoms with E-state index >= 15 is 0 Å². The third-order valence-electron chi connectivity index (χ3n) is 4.49. The van der Waals surface area contributed by atoms with Crippen LogP contribution in [0.2, 0.25) is 0 Å². The van der Waals surface area contributed by atoms with E-state index in [1.807, 2.05) is 24.3 Å². The molecule has 0 atom stereocenters. The molecule has 4 rings (SSSR count). The van der Waals surface area contributed by atoms with Crippen molar-refractivity contribution in [2.75, 3.05) is 10.6 Å². The zero-order valence-corrected chi connectivity index (χ0v) is 16.5. The Bertz CT molecular complexity index is 1250. The summed E-state index contributed by atoms with van der Waals surface area (Å²) in [5, 5.41) is 24.2. The highest BCUT2D eigenvalue weighted by Crippen LogP contribution is 2.29. The quantitative estimate of drug-likeness (QED) is 0.310. The summed E-state index contributed by atoms with van der Waals surface area (Å²) >= 11 is 0. The molecule has 31 heavy (non-hydrogen) atoms. The maximum atomic E-state index is 12.7. The van der Waals surface area contributed by atoms with E-state index in [0.717, 1.165) is 5.56 Å². The number of carbonyl (C=O) groups excluding carboxylic acids is 1. The zero-order chi connectivity index (χ0) is 21.8. The highest BCUT2D eigenvalue weighted by molar-refractivity contribution is 6.05. The van der Waals surface area contributed by atoms with Crippen LogP contribution in [0.15, 0.2) is 72.8 Å². The van der Waals surface area contributed by atoms with Gasteiger partial charge < -0.3 is 10.6 Å². The second-order valence-electron chi connectivity index (χ2n) is 6.76. The molecule has 3 aromatic carbocycles. The molecule has 0 unspecified atom stereocenters. The fourth-order valence-electron chi connectivity index (χ4n) is 3.02. The van der Waals surface area contributed by atoms with Crippen LogP contribution in [-0.2, 0) is 0 Å². The van der Waals surface area contributed by atoms with Gasteiger partial charge in [0.15, 0.2) is 5.82 Å². The van der Waals surface area contributed by atoms with Crippen LogP contribution in [0.25, 0.3) is 11.4 Å². The van der Waals surface area contributed by atoms with E-state index in [1.54, 1.807) is 37.3 Å². The summed E-state index contributed by atoms with van der Waals surface area (Å²) in [4.78, 5) is 28.0. The first-order valence-electron chi connectivity index (χ1n) is 9.41. The molecule has 9 heteroatoms. The Morgan fingerprint density at radius 2 is 1.77 bits per heavy atom. The van der Waals surface area contributed by atoms with Crippen molar-refractivity contribution in [2.45, 2.75) is 6.92 Å². The molecule has 0 bridgehead atoms. The third kappa shape index (κ3) is 4.56. The molecule has 0 fully saturated rings. The number of para-hydroxylation sites is 1. The number of hydrogen-bond acceptors (Lipinski definition) is 6. The minimum Gasteiger partial charge on any atom is -0.350 e. The topological polar surface area (TPSA) is 126 Å². The van der Waals surface area contributed by atoms with Gasteiger partial charge in [-0.15, -0.1) is 0 Å². The zero-order valence-electron chi connectivity index (χ0n) is 16.5. The lowest BCUT2D eigenvalue weighted by atomic mass is 10.1. The molecule has 0 radical (unpaired) electrons. The van der Waals surface area contributed by atoms with Crippen LogP contribution in [-0.4, -0.2) is 26.0 Å². The van der Waals surface area contributed by atoms with Crippen molar-refractivity contribution in [3.8, 4) is 11.4 Å². The van der Waals surface area contributed by atoms with Crippen LogP contribution in [0.1, 0.15) is 16.2 Å². The number of rotatable bonds is 6. The number of hydrogen-bond donors (Lipinski definition) is 3. The fourth-order valence-corrected chi connectivity index (χ4v) is 3.02. The number of H-pyrrole nitrogens is 1. The summed E-state index contributed by atoms with van der Waals surface area (Å²) in [7, 11) is 0. The van der Waals surface area contributed by atoms with E-state index in [2.05, 4.69) is 25.8 Å². The molecule has 0 saturated heterocycles. The van der Waals surface area contributed by atoms with Gasteiger partial charge in [0.25, 0.3) is 11.6 Å². The van der Waals surface area contributed by atoms with Gasteiger partial charge >= 0.3 is 0 Å². The largest absolute Gasteiger partial charge is 0.350 e. The molecule has 1 heterocycles. The van der Waals surface area contributed by atoms with E-state index < -0.39 is 10.8 Å². The number of anilines is 3. The lowest BCUT2D eigenvalue weighted by molar-refractivity contribution is -0.383. The highest BCUT2D eigenvalue weighted by atomic mass is 16.6. The predicted octanol–water partition coefficient (Wildman–Crippen LogP) is 4.68. The summed E-state index contributed by atoms with van der Waals surface area (Å²) in [6.07, 6.45) is 0. The van der Waals surface area contributed by atoms with Crippen LogP contribution in [0.4, 0.5) is 22.7 Å². The number of carbonyl (C=O) groups is 1. The van der Waals surface area contributed by atoms with Crippen LogP contribution in [0, 0.1) is 17.0 Å². The molecule has 9 nitrogen and oxygen atoms in total. The normalized spacial score (nSPS) is 10.5. The SMILES string of the molecule is Cc1nc(-c2cccc(NC(=O)c3ccc(Nc4ccccc4)c([N+](=O)[O-])c3)c2)n[nH]1. The minimum absolute atomic E-state index is 0.171. The predicted molar refractivity (Wildman–Crippen MR) is 117 cm³/mol. The summed E-state index contributed by atoms with van der Waals surface area (Å²) in [6, 6.07) is 20.5. The molecule has 0 aliphatic rings. The van der Waals surface area contributed by atoms with Crippen LogP contribution in [0.3, 0.4) is 0 Å². The molecule has 3 N–H and O–H groups in total. The van der Waals surface area contributed by atoms with E-state index in [-0.39, 0.29) is 11.3 Å². The van der Waals surface area contributed by atoms with Gasteiger partial charge in [0.05, 0.1) is 4.92 Å². The summed E-state index contributed by atoms with van der Waals surface area (Å²) < 4.78 is 0. The Hall–Kier alpha value is -4.53. The molecule has 0 aliphatic heterocycles. The summed E-state index contributed by atoms with van der Waals surface area (Å²) in [5.41, 5.74) is 2.25. The Balaban J connectivity index is 1.56. The number of nitrogens with zero attached hydrogens (tertiary/aromatic N) is 3. The monoisotopic (exact) mass is 414 g/mol. The van der Waals surface area contributed by atoms with Crippen molar-refractivity contribution in [3.63, 3.8) is 0 Å². The minimum atomic E-state index is -0.520. The first kappa shape index (κ1) is 19.8. The molecule has 1 amide bonds. The van der Waals surface area contributed by atoms with E-state index in [1.165, 1.54) is 18.2 Å². The van der Waals surface area contributed by atoms with Crippen molar-refractivity contribution in [3.05, 3.63) is 94.3 Å². The highest BCUT2D eigenvalue weighted by Gasteiger charge is 2.18. The van der Waals surface area contributed by atoms with Crippen LogP contribution in [0.5, 0.6) is 0 Å². The number of aromatic nitrogens is 3. The first-order chi connectivity index (χ1) is 15.0. The van der Waals surface area contributed by atoms with Gasteiger partial charge in [-0.2, -0.15) is 5.10 Å². The maximum absolute atomic E-state index is 12.7. The van der Waals surface area contributed by atoms with Crippen molar-refractivity contribution >= 4 is 28.7 Å². The van der Waals surface area contributed by atoms with Crippen molar-refractivity contribution in [1.82, 2.24) is 15.2 Å². The molecule has 0 saturated carbocycles. The van der Waals surface area contributed by atoms with Crippen molar-refractivity contribution in [2.24, 2.45) is 0 Å². The number of amides is 1. The van der Waals surface area contributed by atoms with Crippen LogP contribution >= 0.6 is 0 Å². The molecular weight excluding hydrogens is 396 g/mol. The third-order valence-corrected chi connectivity index (χ3v) is 4.49. The number of nitrogens with one attached hydrogen (secondary N) is 3. The summed E-state index contributed by atoms with van der Waals surface area (Å²) in [5.74, 6) is 0.735. The maximum Gasteiger partial charge on any atom is 0.293 e. The van der Waals surface area contributed by atoms with E-state index in [4.69, 9.17) is 0 Å². The van der Waals surface area contributed by atoms with Crippen molar-refractivity contribution < 1.29 is 9.72 Å². The van der Waals surface area contributed by atoms with Gasteiger partial charge in [-0.25, -0.2) is 4.98 Å². The first-order valence-corrected chi connectivity index (χ1v) is 9.41. The molecular formula is C22H18N6O3. The van der Waals surface area contributed by atoms with Gasteiger partial charge in [-0.3, -0.25) is 20.0 Å². The van der Waals surface area contributed by atoms with Crippen molar-refractivity contribution in [1.29, 1.82) is 0 Å². The van der Waals surface area contributed by atoms with Gasteiger partial charge in [0.2, 0.25) is 0 Å². The second kappa shape index (κ2) is 8.46. The Kier molecular flexibility index (Phi) is 5.39. The molecule has 1 aromatic heterocycles. The fraction of sp³-hybridized carbons (Fsp3) is 0.0455. The van der Waals surface area contributed by atoms with E-state index in [0.29, 0.717) is 28.7 Å². The molecule has 0 spiro atoms. The lowest BCUT2D eigenvalue weighted by Gasteiger charge is -2.10. The Morgan fingerprint density at radius 1 is 1.00 bits per heavy atom. The molecule has 4 aromatic rings. The summed E-state index contributed by atoms with van der Waals surface area (Å²) in [6.45, 7) is 1.80. The average molecular weight is 414 g/mol. The number of nitro groups is 1. The number of benzene rings is 3. The number of aryl methyl sites for hydroxylation is 1. The van der Waals surface area contributed by atoms with E-state index in [9.17, 15) is 14.9 Å². The average Bonchev–Trinajstić information content (AvgIpc) is 3.21. The number of aromatic amines is 1. The molecule has 154 valence electrons. The number of nitro benzene ring substituents is 1. The lowest BCUT2D eigenvalue weighted by Crippen LogP contribution is -2.12. The van der Waals surface area contributed by atoms with Gasteiger partial charge in [0.1, 0.15) is 11.5 Å². The van der Waals surface area contributed by atoms with Gasteiger partial charge in [-0.05, 0) is 43.3 Å². The van der Waals surface area contributed by atoms with Gasteiger partial charge in [-0.1, -0.05) is 30.3 Å². The Morgan fingerprint density at radius 3 is 2.48 bits per heavy atom. The standard InChI is InChI=1S/C22H18N6O3/c1-14-23-21(27-26-14)15-6-5-9-18(12-15)25-22(29)16-10-11-19(20(13-16)28(30)31)24-17-7-3-2-4-8-17/h2-13,24H,1H3,(H,25,29)(H,23,26,27). The Labute approximate surface area is 177 Å². The second-order valence-corrected chi connectivity index (χ2v) is 6.76. The van der Waals surface area contributed by atoms with Gasteiger partial charge in [0, 0.05) is 28.6 Å². The molecule has 0 aliphatic carbocycles. The smallest absolute Gasteiger partial charge is 0.293 e. The van der Waals surface area contributed by atoms with Crippen LogP contribution < -0.4 is 10.6 Å².